The molecule has 4 rings (SSSR count). The van der Waals surface area contributed by atoms with E-state index in [-0.39, 0.29) is 17.7 Å². The molecule has 0 radical (unpaired) electrons. The number of benzene rings is 1. The van der Waals surface area contributed by atoms with Crippen molar-refractivity contribution >= 4 is 17.7 Å². The number of nitrogens with zero attached hydrogens (tertiary/aromatic N) is 2. The van der Waals surface area contributed by atoms with Gasteiger partial charge in [-0.2, -0.15) is 0 Å². The van der Waals surface area contributed by atoms with Gasteiger partial charge in [0.05, 0.1) is 11.1 Å². The molecule has 0 spiro atoms. The molecule has 1 heterocycles. The Morgan fingerprint density at radius 2 is 1.58 bits per heavy atom. The van der Waals surface area contributed by atoms with Gasteiger partial charge >= 0.3 is 0 Å². The van der Waals surface area contributed by atoms with Crippen molar-refractivity contribution in [2.75, 3.05) is 7.05 Å². The van der Waals surface area contributed by atoms with Crippen LogP contribution in [0.25, 0.3) is 0 Å². The summed E-state index contributed by atoms with van der Waals surface area (Å²) in [5.41, 5.74) is 1.29. The molecule has 5 heteroatoms. The van der Waals surface area contributed by atoms with Crippen molar-refractivity contribution in [3.63, 3.8) is 0 Å². The van der Waals surface area contributed by atoms with Crippen LogP contribution in [0.15, 0.2) is 18.2 Å². The van der Waals surface area contributed by atoms with E-state index in [9.17, 15) is 14.4 Å². The van der Waals surface area contributed by atoms with Crippen molar-refractivity contribution < 1.29 is 14.4 Å². The van der Waals surface area contributed by atoms with Crippen LogP contribution in [-0.4, -0.2) is 46.7 Å². The van der Waals surface area contributed by atoms with Crippen LogP contribution in [0.2, 0.25) is 0 Å². The molecular weight excluding hydrogens is 328 g/mol. The number of hydrogen-bond acceptors (Lipinski definition) is 3. The number of hydrogen-bond donors (Lipinski definition) is 0. The van der Waals surface area contributed by atoms with Crippen LogP contribution >= 0.6 is 0 Å². The molecule has 0 bridgehead atoms. The SMILES string of the molecule is CCC1CCC(N(C(=O)c2ccc3c(c2)C(=O)N(C)C3=O)C2CC2)CC1. The van der Waals surface area contributed by atoms with Crippen molar-refractivity contribution in [2.45, 2.75) is 64.0 Å². The van der Waals surface area contributed by atoms with E-state index in [1.807, 2.05) is 0 Å². The van der Waals surface area contributed by atoms with Crippen LogP contribution in [0, 0.1) is 5.92 Å². The molecule has 0 aromatic heterocycles. The molecule has 138 valence electrons. The minimum absolute atomic E-state index is 0.0186. The van der Waals surface area contributed by atoms with Gasteiger partial charge in [-0.25, -0.2) is 0 Å². The summed E-state index contributed by atoms with van der Waals surface area (Å²) in [6, 6.07) is 5.61. The van der Waals surface area contributed by atoms with Gasteiger partial charge in [0, 0.05) is 24.7 Å². The van der Waals surface area contributed by atoms with Crippen LogP contribution in [0.5, 0.6) is 0 Å². The molecule has 3 aliphatic rings. The van der Waals surface area contributed by atoms with Gasteiger partial charge in [-0.15, -0.1) is 0 Å². The normalized spacial score (nSPS) is 25.4. The Morgan fingerprint density at radius 3 is 2.15 bits per heavy atom. The van der Waals surface area contributed by atoms with Crippen LogP contribution in [0.3, 0.4) is 0 Å². The first-order chi connectivity index (χ1) is 12.5. The minimum atomic E-state index is -0.318. The second-order valence-corrected chi connectivity index (χ2v) is 7.96. The number of rotatable bonds is 4. The maximum atomic E-state index is 13.3. The number of amides is 3. The highest BCUT2D eigenvalue weighted by Crippen LogP contribution is 2.37. The minimum Gasteiger partial charge on any atom is -0.333 e. The van der Waals surface area contributed by atoms with Crippen LogP contribution in [0.4, 0.5) is 0 Å². The third-order valence-corrected chi connectivity index (χ3v) is 6.30. The molecular formula is C21H26N2O3. The zero-order valence-corrected chi connectivity index (χ0v) is 15.5. The Labute approximate surface area is 154 Å². The topological polar surface area (TPSA) is 57.7 Å². The van der Waals surface area contributed by atoms with Gasteiger partial charge in [0.25, 0.3) is 17.7 Å². The molecule has 26 heavy (non-hydrogen) atoms. The van der Waals surface area contributed by atoms with E-state index in [0.717, 1.165) is 36.5 Å². The number of carbonyl (C=O) groups excluding carboxylic acids is 3. The lowest BCUT2D eigenvalue weighted by Crippen LogP contribution is -2.44. The first-order valence-electron chi connectivity index (χ1n) is 9.80. The van der Waals surface area contributed by atoms with E-state index < -0.39 is 0 Å². The van der Waals surface area contributed by atoms with Crippen molar-refractivity contribution in [1.29, 1.82) is 0 Å². The molecule has 0 N–H and O–H groups in total. The first kappa shape index (κ1) is 17.3. The second kappa shape index (κ2) is 6.53. The molecule has 0 saturated heterocycles. The monoisotopic (exact) mass is 354 g/mol. The van der Waals surface area contributed by atoms with Crippen LogP contribution < -0.4 is 0 Å². The fourth-order valence-electron chi connectivity index (χ4n) is 4.46. The Kier molecular flexibility index (Phi) is 4.33. The van der Waals surface area contributed by atoms with Gasteiger partial charge in [0.1, 0.15) is 0 Å². The molecule has 0 atom stereocenters. The van der Waals surface area contributed by atoms with Crippen molar-refractivity contribution in [1.82, 2.24) is 9.80 Å². The highest BCUT2D eigenvalue weighted by Gasteiger charge is 2.40. The van der Waals surface area contributed by atoms with Crippen molar-refractivity contribution in [3.05, 3.63) is 34.9 Å². The maximum Gasteiger partial charge on any atom is 0.261 e. The van der Waals surface area contributed by atoms with Crippen LogP contribution in [-0.2, 0) is 0 Å². The largest absolute Gasteiger partial charge is 0.333 e. The Bertz CT molecular complexity index is 761. The third-order valence-electron chi connectivity index (χ3n) is 6.30. The average Bonchev–Trinajstić information content (AvgIpc) is 3.48. The Hall–Kier alpha value is -2.17. The lowest BCUT2D eigenvalue weighted by Gasteiger charge is -2.37. The zero-order valence-electron chi connectivity index (χ0n) is 15.5. The van der Waals surface area contributed by atoms with E-state index in [0.29, 0.717) is 28.8 Å². The maximum absolute atomic E-state index is 13.3. The van der Waals surface area contributed by atoms with E-state index >= 15 is 0 Å². The van der Waals surface area contributed by atoms with E-state index in [1.165, 1.54) is 26.3 Å². The smallest absolute Gasteiger partial charge is 0.261 e. The van der Waals surface area contributed by atoms with Crippen molar-refractivity contribution in [3.8, 4) is 0 Å². The first-order valence-corrected chi connectivity index (χ1v) is 9.80. The molecule has 1 aromatic carbocycles. The third kappa shape index (κ3) is 2.83. The van der Waals surface area contributed by atoms with Gasteiger partial charge in [-0.3, -0.25) is 19.3 Å². The second-order valence-electron chi connectivity index (χ2n) is 7.96. The summed E-state index contributed by atoms with van der Waals surface area (Å²) in [4.78, 5) is 40.8. The van der Waals surface area contributed by atoms with Gasteiger partial charge in [-0.1, -0.05) is 13.3 Å². The fourth-order valence-corrected chi connectivity index (χ4v) is 4.46. The zero-order chi connectivity index (χ0) is 18.4. The van der Waals surface area contributed by atoms with E-state index in [1.54, 1.807) is 18.2 Å². The van der Waals surface area contributed by atoms with E-state index in [4.69, 9.17) is 0 Å². The summed E-state index contributed by atoms with van der Waals surface area (Å²) in [7, 11) is 1.48. The Balaban J connectivity index is 1.58. The fraction of sp³-hybridized carbons (Fsp3) is 0.571. The summed E-state index contributed by atoms with van der Waals surface area (Å²) in [5, 5.41) is 0. The molecule has 0 unspecified atom stereocenters. The number of fused-ring (bicyclic) bond motifs is 1. The summed E-state index contributed by atoms with van der Waals surface area (Å²) < 4.78 is 0. The van der Waals surface area contributed by atoms with Gasteiger partial charge in [-0.05, 0) is 62.6 Å². The molecule has 3 amide bonds. The molecule has 5 nitrogen and oxygen atoms in total. The summed E-state index contributed by atoms with van der Waals surface area (Å²) in [6.45, 7) is 2.24. The molecule has 1 aromatic rings. The van der Waals surface area contributed by atoms with Gasteiger partial charge in [0.15, 0.2) is 0 Å². The molecule has 1 aliphatic heterocycles. The lowest BCUT2D eigenvalue weighted by atomic mass is 9.83. The van der Waals surface area contributed by atoms with Gasteiger partial charge in [0.2, 0.25) is 0 Å². The van der Waals surface area contributed by atoms with Crippen molar-refractivity contribution in [2.24, 2.45) is 5.92 Å². The highest BCUT2D eigenvalue weighted by atomic mass is 16.2. The molecule has 2 aliphatic carbocycles. The summed E-state index contributed by atoms with van der Waals surface area (Å²) in [5.74, 6) is 0.202. The highest BCUT2D eigenvalue weighted by molar-refractivity contribution is 6.21. The number of imide groups is 1. The molecule has 2 saturated carbocycles. The van der Waals surface area contributed by atoms with Crippen LogP contribution in [0.1, 0.15) is 82.9 Å². The molecule has 2 fully saturated rings. The predicted octanol–water partition coefficient (Wildman–Crippen LogP) is 3.49. The lowest BCUT2D eigenvalue weighted by molar-refractivity contribution is 0.0586. The predicted molar refractivity (Wildman–Crippen MR) is 98.1 cm³/mol. The number of carbonyl (C=O) groups is 3. The average molecular weight is 354 g/mol. The summed E-state index contributed by atoms with van der Waals surface area (Å²) in [6.07, 6.45) is 7.91. The summed E-state index contributed by atoms with van der Waals surface area (Å²) >= 11 is 0. The Morgan fingerprint density at radius 1 is 1.00 bits per heavy atom. The van der Waals surface area contributed by atoms with E-state index in [2.05, 4.69) is 11.8 Å². The standard InChI is InChI=1S/C21H26N2O3/c1-3-13-4-7-15(8-5-13)23(16-9-10-16)19(24)14-6-11-17-18(12-14)21(26)22(2)20(17)25/h6,11-13,15-16H,3-5,7-10H2,1-2H3. The quantitative estimate of drug-likeness (QED) is 0.778. The van der Waals surface area contributed by atoms with Gasteiger partial charge < -0.3 is 4.90 Å².